The van der Waals surface area contributed by atoms with E-state index in [1.807, 2.05) is 0 Å². The zero-order chi connectivity index (χ0) is 11.2. The molecule has 0 unspecified atom stereocenters. The first-order valence-corrected chi connectivity index (χ1v) is 4.76. The normalized spacial score (nSPS) is 9.86. The molecule has 0 aromatic rings. The van der Waals surface area contributed by atoms with Gasteiger partial charge in [0.15, 0.2) is 0 Å². The fraction of sp³-hybridized carbons (Fsp3) is 0.400. The van der Waals surface area contributed by atoms with Crippen molar-refractivity contribution >= 4 is 25.0 Å². The second-order valence-electron chi connectivity index (χ2n) is 1.90. The number of carbonyl (C=O) groups is 1. The smallest absolute Gasteiger partial charge is 0.361 e. The monoisotopic (exact) mass is 218 g/mol. The maximum Gasteiger partial charge on any atom is 0.455 e. The molecule has 8 nitrogen and oxygen atoms in total. The van der Waals surface area contributed by atoms with E-state index >= 15 is 0 Å². The van der Waals surface area contributed by atoms with E-state index in [1.165, 1.54) is 0 Å². The minimum absolute atomic E-state index is 0.403. The molecule has 9 heteroatoms. The molecule has 0 rings (SSSR count). The van der Waals surface area contributed by atoms with E-state index in [9.17, 15) is 9.36 Å². The Morgan fingerprint density at radius 1 is 1.36 bits per heavy atom. The van der Waals surface area contributed by atoms with Crippen molar-refractivity contribution in [2.75, 3.05) is 14.2 Å². The summed E-state index contributed by atoms with van der Waals surface area (Å²) in [6.45, 7) is 0. The van der Waals surface area contributed by atoms with Crippen molar-refractivity contribution in [1.82, 2.24) is 0 Å². The van der Waals surface area contributed by atoms with Gasteiger partial charge in [-0.15, -0.1) is 0 Å². The predicted molar refractivity (Wildman–Crippen MR) is 44.9 cm³/mol. The van der Waals surface area contributed by atoms with E-state index in [0.29, 0.717) is 6.21 Å². The topological polar surface area (TPSA) is 125 Å². The molecule has 0 heterocycles. The van der Waals surface area contributed by atoms with Crippen LogP contribution in [0.15, 0.2) is 0 Å². The van der Waals surface area contributed by atoms with Gasteiger partial charge in [-0.3, -0.25) is 4.79 Å². The molecule has 0 saturated heterocycles. The van der Waals surface area contributed by atoms with Gasteiger partial charge < -0.3 is 20.1 Å². The number of Topliss-reactive ketones (excluding diaryl/α,β-unsaturated/α-hetero) is 1. The van der Waals surface area contributed by atoms with Crippen LogP contribution in [0.5, 0.6) is 0 Å². The van der Waals surface area contributed by atoms with Gasteiger partial charge in [0.05, 0.1) is 0 Å². The van der Waals surface area contributed by atoms with Gasteiger partial charge in [-0.25, -0.2) is 4.57 Å². The van der Waals surface area contributed by atoms with Crippen molar-refractivity contribution in [2.45, 2.75) is 0 Å². The highest BCUT2D eigenvalue weighted by Gasteiger charge is 2.45. The first-order chi connectivity index (χ1) is 6.55. The lowest BCUT2D eigenvalue weighted by molar-refractivity contribution is -0.114. The van der Waals surface area contributed by atoms with E-state index in [2.05, 4.69) is 18.6 Å². The van der Waals surface area contributed by atoms with Gasteiger partial charge in [-0.05, 0) is 0 Å². The van der Waals surface area contributed by atoms with Gasteiger partial charge in [-0.2, -0.15) is 9.58 Å². The van der Waals surface area contributed by atoms with E-state index in [0.717, 1.165) is 14.2 Å². The first-order valence-electron chi connectivity index (χ1n) is 3.21. The molecular weight excluding hydrogens is 211 g/mol. The second-order valence-corrected chi connectivity index (χ2v) is 4.04. The SMILES string of the molecule is COP(=O)(OC)C(=[N+]=[N-])C(=O)C=[N+]=[N-]. The summed E-state index contributed by atoms with van der Waals surface area (Å²) in [5.74, 6) is -1.08. The fourth-order valence-electron chi connectivity index (χ4n) is 0.597. The standard InChI is InChI=1S/C5H7N4O4P/c1-12-14(11,13-2)5(9-7)4(10)3-8-6/h3H,1-2H3. The Hall–Kier alpha value is -1.42. The lowest BCUT2D eigenvalue weighted by Gasteiger charge is -2.05. The molecule has 0 aliphatic heterocycles. The van der Waals surface area contributed by atoms with Crippen LogP contribution in [0.4, 0.5) is 0 Å². The van der Waals surface area contributed by atoms with Crippen LogP contribution < -0.4 is 0 Å². The van der Waals surface area contributed by atoms with Crippen LogP contribution in [0, 0.1) is 0 Å². The highest BCUT2D eigenvalue weighted by molar-refractivity contribution is 7.75. The van der Waals surface area contributed by atoms with Crippen LogP contribution in [0.2, 0.25) is 0 Å². The van der Waals surface area contributed by atoms with Gasteiger partial charge in [0.25, 0.3) is 0 Å². The quantitative estimate of drug-likeness (QED) is 0.278. The Morgan fingerprint density at radius 2 is 1.86 bits per heavy atom. The molecule has 0 amide bonds. The van der Waals surface area contributed by atoms with Gasteiger partial charge >= 0.3 is 25.0 Å². The molecule has 0 aromatic carbocycles. The predicted octanol–water partition coefficient (Wildman–Crippen LogP) is -0.0297. The van der Waals surface area contributed by atoms with Gasteiger partial charge in [0.2, 0.25) is 0 Å². The zero-order valence-electron chi connectivity index (χ0n) is 7.45. The molecule has 76 valence electrons. The average molecular weight is 218 g/mol. The van der Waals surface area contributed by atoms with Crippen molar-refractivity contribution in [3.05, 3.63) is 11.1 Å². The maximum atomic E-state index is 11.5. The number of hydrogen-bond acceptors (Lipinski definition) is 4. The number of nitrogens with zero attached hydrogens (tertiary/aromatic N) is 4. The maximum absolute atomic E-state index is 11.5. The third-order valence-corrected chi connectivity index (χ3v) is 3.02. The Bertz CT molecular complexity index is 371. The first kappa shape index (κ1) is 12.6. The van der Waals surface area contributed by atoms with E-state index in [-0.39, 0.29) is 0 Å². The Labute approximate surface area is 79.2 Å². The Balaban J connectivity index is 5.31. The van der Waals surface area contributed by atoms with Gasteiger partial charge in [-0.1, -0.05) is 0 Å². The van der Waals surface area contributed by atoms with Crippen LogP contribution in [-0.2, 0) is 18.4 Å². The van der Waals surface area contributed by atoms with Gasteiger partial charge in [0.1, 0.15) is 0 Å². The van der Waals surface area contributed by atoms with Crippen molar-refractivity contribution < 1.29 is 28.0 Å². The lowest BCUT2D eigenvalue weighted by atomic mass is 10.5. The molecule has 0 N–H and O–H groups in total. The molecule has 0 aliphatic rings. The fourth-order valence-corrected chi connectivity index (χ4v) is 1.53. The third kappa shape index (κ3) is 2.53. The number of carbonyl (C=O) groups excluding carboxylic acids is 1. The number of hydrogen-bond donors (Lipinski definition) is 0. The minimum Gasteiger partial charge on any atom is -0.361 e. The highest BCUT2D eigenvalue weighted by Crippen LogP contribution is 2.47. The van der Waals surface area contributed by atoms with Crippen LogP contribution >= 0.6 is 7.60 Å². The average Bonchev–Trinajstić information content (AvgIpc) is 2.19. The largest absolute Gasteiger partial charge is 0.455 e. The van der Waals surface area contributed by atoms with Crippen LogP contribution in [-0.4, -0.2) is 41.2 Å². The Kier molecular flexibility index (Phi) is 4.80. The summed E-state index contributed by atoms with van der Waals surface area (Å²) in [6.07, 6.45) is 0.403. The van der Waals surface area contributed by atoms with E-state index < -0.39 is 18.8 Å². The molecule has 0 fully saturated rings. The molecular formula is C5H7N4O4P. The van der Waals surface area contributed by atoms with E-state index in [1.54, 1.807) is 0 Å². The zero-order valence-corrected chi connectivity index (χ0v) is 8.34. The minimum atomic E-state index is -3.93. The summed E-state index contributed by atoms with van der Waals surface area (Å²) < 4.78 is 20.3. The highest BCUT2D eigenvalue weighted by atomic mass is 31.2. The summed E-state index contributed by atoms with van der Waals surface area (Å²) in [5, 5.41) is 0. The van der Waals surface area contributed by atoms with Crippen molar-refractivity contribution in [2.24, 2.45) is 0 Å². The molecule has 0 radical (unpaired) electrons. The van der Waals surface area contributed by atoms with Crippen molar-refractivity contribution in [3.8, 4) is 0 Å². The molecule has 0 atom stereocenters. The lowest BCUT2D eigenvalue weighted by Crippen LogP contribution is -2.18. The summed E-state index contributed by atoms with van der Waals surface area (Å²) in [5.41, 5.74) is 15.6. The van der Waals surface area contributed by atoms with Crippen LogP contribution in [0.1, 0.15) is 0 Å². The van der Waals surface area contributed by atoms with Crippen LogP contribution in [0.25, 0.3) is 11.1 Å². The summed E-state index contributed by atoms with van der Waals surface area (Å²) >= 11 is 0. The number of ketones is 1. The summed E-state index contributed by atoms with van der Waals surface area (Å²) in [4.78, 5) is 15.9. The molecule has 0 spiro atoms. The van der Waals surface area contributed by atoms with Crippen LogP contribution in [0.3, 0.4) is 0 Å². The Morgan fingerprint density at radius 3 is 2.14 bits per heavy atom. The molecule has 0 aromatic heterocycles. The molecule has 0 saturated carbocycles. The second kappa shape index (κ2) is 5.34. The van der Waals surface area contributed by atoms with Crippen molar-refractivity contribution in [3.63, 3.8) is 0 Å². The van der Waals surface area contributed by atoms with Gasteiger partial charge in [0, 0.05) is 14.2 Å². The molecule has 14 heavy (non-hydrogen) atoms. The summed E-state index contributed by atoms with van der Waals surface area (Å²) in [6, 6.07) is 0. The molecule has 0 bridgehead atoms. The molecule has 0 aliphatic carbocycles. The summed E-state index contributed by atoms with van der Waals surface area (Å²) in [7, 11) is -1.90. The third-order valence-electron chi connectivity index (χ3n) is 1.23. The van der Waals surface area contributed by atoms with E-state index in [4.69, 9.17) is 11.1 Å². The number of rotatable bonds is 5. The van der Waals surface area contributed by atoms with Crippen molar-refractivity contribution in [1.29, 1.82) is 0 Å².